The average molecular weight is 276 g/mol. The van der Waals surface area contributed by atoms with Gasteiger partial charge < -0.3 is 4.74 Å². The molecular formula is C13H12N2O3S. The van der Waals surface area contributed by atoms with Gasteiger partial charge in [-0.15, -0.1) is 11.3 Å². The van der Waals surface area contributed by atoms with E-state index < -0.39 is 0 Å². The van der Waals surface area contributed by atoms with Crippen LogP contribution in [-0.4, -0.2) is 12.2 Å². The minimum atomic E-state index is -0.329. The Morgan fingerprint density at radius 3 is 2.68 bits per heavy atom. The number of carbonyl (C=O) groups is 2. The molecular weight excluding hydrogens is 264 g/mol. The van der Waals surface area contributed by atoms with E-state index in [0.29, 0.717) is 16.2 Å². The standard InChI is InChI=1S/C13H12N2O3S/c14-15-13(17)12-10(5-6-19-12)8-18-11-3-1-9(7-16)2-4-11/h1-7H,8,14H2,(H,15,17). The maximum atomic E-state index is 11.5. The first-order valence-corrected chi connectivity index (χ1v) is 6.38. The molecule has 0 aliphatic carbocycles. The Hall–Kier alpha value is -2.18. The molecule has 1 heterocycles. The van der Waals surface area contributed by atoms with E-state index >= 15 is 0 Å². The lowest BCUT2D eigenvalue weighted by atomic mass is 10.2. The summed E-state index contributed by atoms with van der Waals surface area (Å²) in [6.45, 7) is 0.271. The molecule has 0 spiro atoms. The molecule has 1 aromatic carbocycles. The molecule has 6 heteroatoms. The third-order valence-electron chi connectivity index (χ3n) is 2.49. The van der Waals surface area contributed by atoms with E-state index in [1.807, 2.05) is 6.07 Å². The molecule has 0 unspecified atom stereocenters. The van der Waals surface area contributed by atoms with Gasteiger partial charge in [0.1, 0.15) is 18.6 Å². The fourth-order valence-corrected chi connectivity index (χ4v) is 2.33. The van der Waals surface area contributed by atoms with E-state index in [-0.39, 0.29) is 12.5 Å². The van der Waals surface area contributed by atoms with E-state index in [9.17, 15) is 9.59 Å². The van der Waals surface area contributed by atoms with Crippen molar-refractivity contribution in [2.45, 2.75) is 6.61 Å². The Bertz CT molecular complexity index is 578. The molecule has 0 atom stereocenters. The highest BCUT2D eigenvalue weighted by atomic mass is 32.1. The molecule has 2 rings (SSSR count). The fraction of sp³-hybridized carbons (Fsp3) is 0.0769. The summed E-state index contributed by atoms with van der Waals surface area (Å²) in [7, 11) is 0. The third-order valence-corrected chi connectivity index (χ3v) is 3.45. The van der Waals surface area contributed by atoms with Gasteiger partial charge in [0.05, 0.1) is 4.88 Å². The SMILES string of the molecule is NNC(=O)c1sccc1COc1ccc(C=O)cc1. The molecule has 0 saturated heterocycles. The summed E-state index contributed by atoms with van der Waals surface area (Å²) in [4.78, 5) is 22.5. The summed E-state index contributed by atoms with van der Waals surface area (Å²) in [5.41, 5.74) is 3.46. The van der Waals surface area contributed by atoms with Gasteiger partial charge in [0.15, 0.2) is 0 Å². The number of ether oxygens (including phenoxy) is 1. The molecule has 0 aliphatic rings. The highest BCUT2D eigenvalue weighted by Crippen LogP contribution is 2.19. The normalized spacial score (nSPS) is 9.95. The Kier molecular flexibility index (Phi) is 4.27. The number of benzene rings is 1. The second-order valence-electron chi connectivity index (χ2n) is 3.72. The van der Waals surface area contributed by atoms with E-state index in [2.05, 4.69) is 5.43 Å². The number of nitrogens with two attached hydrogens (primary N) is 1. The number of hydrogen-bond acceptors (Lipinski definition) is 5. The number of carbonyl (C=O) groups excluding carboxylic acids is 2. The molecule has 1 aromatic heterocycles. The van der Waals surface area contributed by atoms with E-state index in [1.165, 1.54) is 11.3 Å². The zero-order valence-corrected chi connectivity index (χ0v) is 10.8. The van der Waals surface area contributed by atoms with Crippen LogP contribution in [0, 0.1) is 0 Å². The van der Waals surface area contributed by atoms with Crippen LogP contribution in [0.3, 0.4) is 0 Å². The van der Waals surface area contributed by atoms with Crippen molar-refractivity contribution in [3.63, 3.8) is 0 Å². The second kappa shape index (κ2) is 6.12. The zero-order valence-electron chi connectivity index (χ0n) is 9.96. The lowest BCUT2D eigenvalue weighted by Crippen LogP contribution is -2.30. The molecule has 19 heavy (non-hydrogen) atoms. The fourth-order valence-electron chi connectivity index (χ4n) is 1.52. The first-order valence-electron chi connectivity index (χ1n) is 5.50. The summed E-state index contributed by atoms with van der Waals surface area (Å²) in [6.07, 6.45) is 0.770. The molecule has 0 saturated carbocycles. The summed E-state index contributed by atoms with van der Waals surface area (Å²) in [6, 6.07) is 8.57. The summed E-state index contributed by atoms with van der Waals surface area (Å²) < 4.78 is 5.56. The number of hydrogen-bond donors (Lipinski definition) is 2. The Balaban J connectivity index is 2.04. The van der Waals surface area contributed by atoms with Crippen molar-refractivity contribution in [3.8, 4) is 5.75 Å². The molecule has 3 N–H and O–H groups in total. The molecule has 0 fully saturated rings. The first-order chi connectivity index (χ1) is 9.24. The van der Waals surface area contributed by atoms with Crippen LogP contribution >= 0.6 is 11.3 Å². The number of aldehydes is 1. The van der Waals surface area contributed by atoms with Crippen molar-refractivity contribution in [2.24, 2.45) is 5.84 Å². The number of thiophene rings is 1. The zero-order chi connectivity index (χ0) is 13.7. The van der Waals surface area contributed by atoms with Crippen LogP contribution in [0.2, 0.25) is 0 Å². The quantitative estimate of drug-likeness (QED) is 0.377. The van der Waals surface area contributed by atoms with Crippen LogP contribution in [0.5, 0.6) is 5.75 Å². The topological polar surface area (TPSA) is 81.4 Å². The minimum absolute atomic E-state index is 0.271. The molecule has 0 bridgehead atoms. The predicted octanol–water partition coefficient (Wildman–Crippen LogP) is 1.74. The van der Waals surface area contributed by atoms with Crippen molar-refractivity contribution in [1.29, 1.82) is 0 Å². The van der Waals surface area contributed by atoms with Crippen LogP contribution in [0.25, 0.3) is 0 Å². The van der Waals surface area contributed by atoms with E-state index in [1.54, 1.807) is 29.6 Å². The van der Waals surface area contributed by atoms with Crippen LogP contribution in [0.4, 0.5) is 0 Å². The summed E-state index contributed by atoms with van der Waals surface area (Å²) in [5, 5.41) is 1.80. The van der Waals surface area contributed by atoms with Gasteiger partial charge in [-0.2, -0.15) is 0 Å². The van der Waals surface area contributed by atoms with Crippen LogP contribution < -0.4 is 16.0 Å². The highest BCUT2D eigenvalue weighted by Gasteiger charge is 2.12. The van der Waals surface area contributed by atoms with Gasteiger partial charge in [0.2, 0.25) is 0 Å². The van der Waals surface area contributed by atoms with Crippen LogP contribution in [-0.2, 0) is 6.61 Å². The average Bonchev–Trinajstić information content (AvgIpc) is 2.93. The van der Waals surface area contributed by atoms with Gasteiger partial charge in [-0.25, -0.2) is 5.84 Å². The molecule has 0 aliphatic heterocycles. The van der Waals surface area contributed by atoms with Gasteiger partial charge in [0.25, 0.3) is 5.91 Å². The van der Waals surface area contributed by atoms with Crippen molar-refractivity contribution < 1.29 is 14.3 Å². The van der Waals surface area contributed by atoms with Crippen molar-refractivity contribution in [3.05, 3.63) is 51.7 Å². The smallest absolute Gasteiger partial charge is 0.275 e. The summed E-state index contributed by atoms with van der Waals surface area (Å²) in [5.74, 6) is 5.41. The molecule has 98 valence electrons. The van der Waals surface area contributed by atoms with Crippen LogP contribution in [0.15, 0.2) is 35.7 Å². The first kappa shape index (κ1) is 13.3. The Morgan fingerprint density at radius 2 is 2.05 bits per heavy atom. The molecule has 1 amide bonds. The maximum Gasteiger partial charge on any atom is 0.275 e. The lowest BCUT2D eigenvalue weighted by Gasteiger charge is -2.06. The van der Waals surface area contributed by atoms with Gasteiger partial charge in [-0.1, -0.05) is 0 Å². The number of hydrazine groups is 1. The number of nitrogen functional groups attached to an aromatic ring is 1. The molecule has 2 aromatic rings. The largest absolute Gasteiger partial charge is 0.489 e. The molecule has 5 nitrogen and oxygen atoms in total. The van der Waals surface area contributed by atoms with E-state index in [4.69, 9.17) is 10.6 Å². The number of nitrogens with one attached hydrogen (secondary N) is 1. The van der Waals surface area contributed by atoms with Crippen molar-refractivity contribution in [1.82, 2.24) is 5.43 Å². The highest BCUT2D eigenvalue weighted by molar-refractivity contribution is 7.12. The van der Waals surface area contributed by atoms with Crippen molar-refractivity contribution in [2.75, 3.05) is 0 Å². The van der Waals surface area contributed by atoms with E-state index in [0.717, 1.165) is 11.8 Å². The van der Waals surface area contributed by atoms with Crippen LogP contribution in [0.1, 0.15) is 25.6 Å². The second-order valence-corrected chi connectivity index (χ2v) is 4.64. The maximum absolute atomic E-state index is 11.5. The van der Waals surface area contributed by atoms with Gasteiger partial charge in [-0.3, -0.25) is 15.0 Å². The molecule has 0 radical (unpaired) electrons. The minimum Gasteiger partial charge on any atom is -0.489 e. The van der Waals surface area contributed by atoms with Gasteiger partial charge in [-0.05, 0) is 35.7 Å². The Labute approximate surface area is 114 Å². The number of rotatable bonds is 5. The predicted molar refractivity (Wildman–Crippen MR) is 72.1 cm³/mol. The summed E-state index contributed by atoms with van der Waals surface area (Å²) >= 11 is 1.31. The van der Waals surface area contributed by atoms with Gasteiger partial charge >= 0.3 is 0 Å². The monoisotopic (exact) mass is 276 g/mol. The lowest BCUT2D eigenvalue weighted by molar-refractivity contribution is 0.0955. The number of amides is 1. The van der Waals surface area contributed by atoms with Crippen molar-refractivity contribution >= 4 is 23.5 Å². The van der Waals surface area contributed by atoms with Gasteiger partial charge in [0, 0.05) is 11.1 Å². The third kappa shape index (κ3) is 3.18. The Morgan fingerprint density at radius 1 is 1.32 bits per heavy atom.